The van der Waals surface area contributed by atoms with Gasteiger partial charge in [0.2, 0.25) is 0 Å². The van der Waals surface area contributed by atoms with Gasteiger partial charge in [0.25, 0.3) is 0 Å². The predicted molar refractivity (Wildman–Crippen MR) is 85.9 cm³/mol. The molecular weight excluding hydrogens is 230 g/mol. The van der Waals surface area contributed by atoms with Crippen LogP contribution in [0.3, 0.4) is 0 Å². The monoisotopic (exact) mass is 255 g/mol. The first-order valence-corrected chi connectivity index (χ1v) is 6.87. The minimum Gasteiger partial charge on any atom is -0.363 e. The Morgan fingerprint density at radius 3 is 2.42 bits per heavy atom. The van der Waals surface area contributed by atoms with Gasteiger partial charge in [0, 0.05) is 11.7 Å². The fourth-order valence-corrected chi connectivity index (χ4v) is 2.44. The number of nitrogens with zero attached hydrogens (tertiary/aromatic N) is 1. The highest BCUT2D eigenvalue weighted by molar-refractivity contribution is 5.52. The standard InChI is InChI=1S/C18H25N/c1-7-14(4)19(15(5)8-2)16(6)18-13-11-10-12-17(18)9-3/h7,9-13,15-16H,1,3-4,8H2,2,5-6H3. The van der Waals surface area contributed by atoms with Gasteiger partial charge in [-0.05, 0) is 37.5 Å². The molecule has 1 nitrogen and oxygen atoms in total. The van der Waals surface area contributed by atoms with E-state index in [0.717, 1.165) is 12.1 Å². The van der Waals surface area contributed by atoms with Crippen LogP contribution in [0.4, 0.5) is 0 Å². The molecule has 1 heteroatoms. The smallest absolute Gasteiger partial charge is 0.0522 e. The van der Waals surface area contributed by atoms with E-state index in [2.05, 4.69) is 63.6 Å². The van der Waals surface area contributed by atoms with Crippen LogP contribution < -0.4 is 0 Å². The van der Waals surface area contributed by atoms with Crippen LogP contribution in [-0.4, -0.2) is 10.9 Å². The van der Waals surface area contributed by atoms with Gasteiger partial charge in [-0.3, -0.25) is 0 Å². The van der Waals surface area contributed by atoms with Gasteiger partial charge in [-0.25, -0.2) is 0 Å². The molecule has 0 amide bonds. The van der Waals surface area contributed by atoms with Crippen molar-refractivity contribution in [3.8, 4) is 0 Å². The largest absolute Gasteiger partial charge is 0.363 e. The molecule has 0 N–H and O–H groups in total. The van der Waals surface area contributed by atoms with Gasteiger partial charge in [-0.1, -0.05) is 57.0 Å². The summed E-state index contributed by atoms with van der Waals surface area (Å²) in [6, 6.07) is 9.07. The molecule has 0 heterocycles. The second kappa shape index (κ2) is 6.98. The lowest BCUT2D eigenvalue weighted by molar-refractivity contribution is 0.210. The van der Waals surface area contributed by atoms with Gasteiger partial charge in [0.15, 0.2) is 0 Å². The summed E-state index contributed by atoms with van der Waals surface area (Å²) in [5, 5.41) is 0. The quantitative estimate of drug-likeness (QED) is 0.606. The minimum absolute atomic E-state index is 0.259. The van der Waals surface area contributed by atoms with E-state index >= 15 is 0 Å². The first-order chi connectivity index (χ1) is 9.06. The zero-order chi connectivity index (χ0) is 14.4. The van der Waals surface area contributed by atoms with Crippen LogP contribution >= 0.6 is 0 Å². The van der Waals surface area contributed by atoms with E-state index < -0.39 is 0 Å². The highest BCUT2D eigenvalue weighted by Crippen LogP contribution is 2.30. The van der Waals surface area contributed by atoms with Crippen molar-refractivity contribution >= 4 is 6.08 Å². The van der Waals surface area contributed by atoms with E-state index in [1.54, 1.807) is 0 Å². The van der Waals surface area contributed by atoms with Gasteiger partial charge in [-0.15, -0.1) is 0 Å². The van der Waals surface area contributed by atoms with Crippen molar-refractivity contribution in [2.75, 3.05) is 0 Å². The first kappa shape index (κ1) is 15.3. The second-order valence-corrected chi connectivity index (χ2v) is 4.87. The number of hydrogen-bond donors (Lipinski definition) is 0. The number of benzene rings is 1. The maximum absolute atomic E-state index is 4.13. The maximum Gasteiger partial charge on any atom is 0.0522 e. The Balaban J connectivity index is 3.18. The summed E-state index contributed by atoms with van der Waals surface area (Å²) in [4.78, 5) is 2.33. The van der Waals surface area contributed by atoms with Gasteiger partial charge in [0.05, 0.1) is 6.04 Å². The van der Waals surface area contributed by atoms with E-state index in [1.807, 2.05) is 18.2 Å². The molecule has 2 unspecified atom stereocenters. The average molecular weight is 255 g/mol. The molecule has 1 aromatic carbocycles. The molecule has 0 aliphatic rings. The number of hydrogen-bond acceptors (Lipinski definition) is 1. The summed E-state index contributed by atoms with van der Waals surface area (Å²) in [5.41, 5.74) is 3.43. The zero-order valence-electron chi connectivity index (χ0n) is 12.4. The summed E-state index contributed by atoms with van der Waals surface area (Å²) < 4.78 is 0. The van der Waals surface area contributed by atoms with Crippen molar-refractivity contribution in [3.05, 3.63) is 66.9 Å². The number of rotatable bonds is 7. The topological polar surface area (TPSA) is 3.24 Å². The van der Waals surface area contributed by atoms with Crippen LogP contribution in [0.15, 0.2) is 55.8 Å². The number of allylic oxidation sites excluding steroid dienone is 1. The molecule has 1 rings (SSSR count). The second-order valence-electron chi connectivity index (χ2n) is 4.87. The van der Waals surface area contributed by atoms with Crippen molar-refractivity contribution in [2.24, 2.45) is 0 Å². The Morgan fingerprint density at radius 1 is 1.26 bits per heavy atom. The molecule has 0 aromatic heterocycles. The van der Waals surface area contributed by atoms with E-state index in [9.17, 15) is 0 Å². The lowest BCUT2D eigenvalue weighted by Crippen LogP contribution is -2.33. The maximum atomic E-state index is 4.13. The Kier molecular flexibility index (Phi) is 5.62. The van der Waals surface area contributed by atoms with Crippen molar-refractivity contribution in [1.82, 2.24) is 4.90 Å². The summed E-state index contributed by atoms with van der Waals surface area (Å²) in [5.74, 6) is 0. The Morgan fingerprint density at radius 2 is 1.89 bits per heavy atom. The van der Waals surface area contributed by atoms with Crippen molar-refractivity contribution in [1.29, 1.82) is 0 Å². The summed E-state index contributed by atoms with van der Waals surface area (Å²) in [7, 11) is 0. The SMILES string of the molecule is C=CC(=C)N(C(C)CC)C(C)c1ccccc1C=C. The molecule has 0 saturated carbocycles. The molecule has 0 bridgehead atoms. The zero-order valence-corrected chi connectivity index (χ0v) is 12.4. The normalized spacial score (nSPS) is 13.4. The molecule has 0 aliphatic carbocycles. The minimum atomic E-state index is 0.259. The molecule has 0 saturated heterocycles. The Bertz CT molecular complexity index is 459. The molecule has 2 atom stereocenters. The highest BCUT2D eigenvalue weighted by Gasteiger charge is 2.21. The third-order valence-corrected chi connectivity index (χ3v) is 3.72. The molecule has 19 heavy (non-hydrogen) atoms. The molecular formula is C18H25N. The lowest BCUT2D eigenvalue weighted by Gasteiger charge is -2.37. The van der Waals surface area contributed by atoms with Crippen LogP contribution in [0.25, 0.3) is 6.08 Å². The molecule has 0 fully saturated rings. The van der Waals surface area contributed by atoms with Crippen LogP contribution in [0.5, 0.6) is 0 Å². The van der Waals surface area contributed by atoms with E-state index in [1.165, 1.54) is 11.1 Å². The van der Waals surface area contributed by atoms with E-state index in [0.29, 0.717) is 6.04 Å². The fourth-order valence-electron chi connectivity index (χ4n) is 2.44. The predicted octanol–water partition coefficient (Wildman–Crippen LogP) is 5.19. The Labute approximate surface area is 118 Å². The van der Waals surface area contributed by atoms with Crippen molar-refractivity contribution in [3.63, 3.8) is 0 Å². The molecule has 0 radical (unpaired) electrons. The molecule has 0 aliphatic heterocycles. The average Bonchev–Trinajstić information content (AvgIpc) is 2.46. The highest BCUT2D eigenvalue weighted by atomic mass is 15.2. The molecule has 1 aromatic rings. The summed E-state index contributed by atoms with van der Waals surface area (Å²) >= 11 is 0. The van der Waals surface area contributed by atoms with Crippen LogP contribution in [0.1, 0.15) is 44.4 Å². The van der Waals surface area contributed by atoms with Gasteiger partial charge in [-0.2, -0.15) is 0 Å². The van der Waals surface area contributed by atoms with Gasteiger partial charge >= 0.3 is 0 Å². The summed E-state index contributed by atoms with van der Waals surface area (Å²) in [6.07, 6.45) is 4.82. The van der Waals surface area contributed by atoms with Crippen molar-refractivity contribution < 1.29 is 0 Å². The molecule has 102 valence electrons. The Hall–Kier alpha value is -1.76. The van der Waals surface area contributed by atoms with E-state index in [4.69, 9.17) is 0 Å². The van der Waals surface area contributed by atoms with Gasteiger partial charge in [0.1, 0.15) is 0 Å². The molecule has 0 spiro atoms. The third kappa shape index (κ3) is 3.37. The fraction of sp³-hybridized carbons (Fsp3) is 0.333. The van der Waals surface area contributed by atoms with Crippen LogP contribution in [-0.2, 0) is 0 Å². The van der Waals surface area contributed by atoms with Gasteiger partial charge < -0.3 is 4.90 Å². The van der Waals surface area contributed by atoms with Crippen LogP contribution in [0.2, 0.25) is 0 Å². The summed E-state index contributed by atoms with van der Waals surface area (Å²) in [6.45, 7) is 18.5. The van der Waals surface area contributed by atoms with Crippen molar-refractivity contribution in [2.45, 2.75) is 39.3 Å². The van der Waals surface area contributed by atoms with E-state index in [-0.39, 0.29) is 6.04 Å². The van der Waals surface area contributed by atoms with Crippen LogP contribution in [0, 0.1) is 0 Å². The lowest BCUT2D eigenvalue weighted by atomic mass is 9.98. The third-order valence-electron chi connectivity index (χ3n) is 3.72. The first-order valence-electron chi connectivity index (χ1n) is 6.87.